The Balaban J connectivity index is 1.75. The predicted octanol–water partition coefficient (Wildman–Crippen LogP) is 4.90. The van der Waals surface area contributed by atoms with Gasteiger partial charge in [0.05, 0.1) is 17.0 Å². The van der Waals surface area contributed by atoms with Crippen molar-refractivity contribution in [3.05, 3.63) is 82.7 Å². The molecule has 11 heteroatoms. The Hall–Kier alpha value is -4.12. The average molecular weight is 541 g/mol. The fraction of sp³-hybridized carbons (Fsp3) is 0.222. The molecule has 2 heterocycles. The Morgan fingerprint density at radius 3 is 2.45 bits per heavy atom. The Morgan fingerprint density at radius 2 is 1.79 bits per heavy atom. The standard InChI is InChI=1S/C27H26F2N4O4S/c1-5-10-38(36,37)32-22-9-8-21(28)23(24(22)29)25(34)20-14-31-26-19(20)12-17(13-30-26)16-6-7-18(15(2)11-16)27(35)33(3)4/h6-9,11-14,32H,5,10H2,1-4H3,(H,30,31). The molecule has 0 unspecified atom stereocenters. The molecule has 2 N–H and O–H groups in total. The van der Waals surface area contributed by atoms with Crippen molar-refractivity contribution in [3.63, 3.8) is 0 Å². The molecule has 2 aromatic heterocycles. The van der Waals surface area contributed by atoms with Crippen molar-refractivity contribution < 1.29 is 26.8 Å². The van der Waals surface area contributed by atoms with E-state index in [9.17, 15) is 22.4 Å². The normalized spacial score (nSPS) is 11.5. The highest BCUT2D eigenvalue weighted by Gasteiger charge is 2.26. The van der Waals surface area contributed by atoms with E-state index < -0.39 is 38.7 Å². The first-order valence-corrected chi connectivity index (χ1v) is 13.4. The summed E-state index contributed by atoms with van der Waals surface area (Å²) in [5, 5.41) is 0.328. The third-order valence-corrected chi connectivity index (χ3v) is 7.51. The summed E-state index contributed by atoms with van der Waals surface area (Å²) in [6, 6.07) is 8.73. The largest absolute Gasteiger partial charge is 0.345 e. The van der Waals surface area contributed by atoms with Crippen molar-refractivity contribution in [2.45, 2.75) is 20.3 Å². The van der Waals surface area contributed by atoms with E-state index in [2.05, 4.69) is 14.7 Å². The molecule has 4 aromatic rings. The van der Waals surface area contributed by atoms with Gasteiger partial charge in [0.15, 0.2) is 5.82 Å². The molecule has 0 bridgehead atoms. The molecule has 0 saturated heterocycles. The maximum atomic E-state index is 15.3. The lowest BCUT2D eigenvalue weighted by Gasteiger charge is -2.13. The van der Waals surface area contributed by atoms with Gasteiger partial charge < -0.3 is 9.88 Å². The number of sulfonamides is 1. The van der Waals surface area contributed by atoms with Crippen LogP contribution in [0.1, 0.15) is 45.2 Å². The summed E-state index contributed by atoms with van der Waals surface area (Å²) in [6.07, 6.45) is 3.18. The van der Waals surface area contributed by atoms with Gasteiger partial charge in [-0.1, -0.05) is 19.1 Å². The molecule has 2 aromatic carbocycles. The van der Waals surface area contributed by atoms with Crippen LogP contribution in [0.3, 0.4) is 0 Å². The molecule has 38 heavy (non-hydrogen) atoms. The first-order chi connectivity index (χ1) is 17.9. The zero-order valence-electron chi connectivity index (χ0n) is 21.2. The Morgan fingerprint density at radius 1 is 1.05 bits per heavy atom. The third-order valence-electron chi connectivity index (χ3n) is 6.03. The lowest BCUT2D eigenvalue weighted by Crippen LogP contribution is -2.22. The van der Waals surface area contributed by atoms with Crippen molar-refractivity contribution >= 4 is 38.4 Å². The van der Waals surface area contributed by atoms with E-state index >= 15 is 4.39 Å². The van der Waals surface area contributed by atoms with Gasteiger partial charge in [-0.3, -0.25) is 14.3 Å². The number of nitrogens with zero attached hydrogens (tertiary/aromatic N) is 2. The van der Waals surface area contributed by atoms with Crippen LogP contribution < -0.4 is 4.72 Å². The van der Waals surface area contributed by atoms with Gasteiger partial charge in [0.25, 0.3) is 5.91 Å². The van der Waals surface area contributed by atoms with Crippen LogP contribution in [0.25, 0.3) is 22.2 Å². The van der Waals surface area contributed by atoms with Crippen LogP contribution in [0, 0.1) is 18.6 Å². The van der Waals surface area contributed by atoms with Crippen LogP contribution in [-0.4, -0.2) is 54.8 Å². The third kappa shape index (κ3) is 5.14. The van der Waals surface area contributed by atoms with Gasteiger partial charge in [-0.05, 0) is 48.7 Å². The first-order valence-electron chi connectivity index (χ1n) is 11.8. The van der Waals surface area contributed by atoms with E-state index in [1.807, 2.05) is 13.0 Å². The van der Waals surface area contributed by atoms with Crippen molar-refractivity contribution in [3.8, 4) is 11.1 Å². The molecule has 1 amide bonds. The first kappa shape index (κ1) is 26.9. The van der Waals surface area contributed by atoms with Gasteiger partial charge in [-0.2, -0.15) is 0 Å². The fourth-order valence-corrected chi connectivity index (χ4v) is 5.27. The second-order valence-corrected chi connectivity index (χ2v) is 10.9. The number of rotatable bonds is 8. The van der Waals surface area contributed by atoms with Crippen LogP contribution in [0.2, 0.25) is 0 Å². The van der Waals surface area contributed by atoms with E-state index in [1.165, 1.54) is 11.1 Å². The van der Waals surface area contributed by atoms with Gasteiger partial charge in [0, 0.05) is 48.6 Å². The molecule has 4 rings (SSSR count). The second-order valence-electron chi connectivity index (χ2n) is 9.09. The van der Waals surface area contributed by atoms with Crippen LogP contribution >= 0.6 is 0 Å². The van der Waals surface area contributed by atoms with Crippen molar-refractivity contribution in [2.24, 2.45) is 0 Å². The number of carbonyl (C=O) groups is 2. The van der Waals surface area contributed by atoms with Crippen LogP contribution in [0.15, 0.2) is 48.8 Å². The van der Waals surface area contributed by atoms with E-state index in [1.54, 1.807) is 45.4 Å². The number of aryl methyl sites for hydroxylation is 1. The van der Waals surface area contributed by atoms with Crippen molar-refractivity contribution in [1.29, 1.82) is 0 Å². The lowest BCUT2D eigenvalue weighted by atomic mass is 9.98. The van der Waals surface area contributed by atoms with Crippen LogP contribution in [0.5, 0.6) is 0 Å². The minimum atomic E-state index is -3.87. The number of aromatic nitrogens is 2. The minimum absolute atomic E-state index is 0.0307. The molecule has 8 nitrogen and oxygen atoms in total. The van der Waals surface area contributed by atoms with E-state index in [0.717, 1.165) is 23.3 Å². The van der Waals surface area contributed by atoms with E-state index in [0.29, 0.717) is 28.6 Å². The number of benzene rings is 2. The Kier molecular flexibility index (Phi) is 7.32. The van der Waals surface area contributed by atoms with E-state index in [4.69, 9.17) is 0 Å². The van der Waals surface area contributed by atoms with Crippen LogP contribution in [0.4, 0.5) is 14.5 Å². The average Bonchev–Trinajstić information content (AvgIpc) is 3.28. The summed E-state index contributed by atoms with van der Waals surface area (Å²) in [6.45, 7) is 3.46. The fourth-order valence-electron chi connectivity index (χ4n) is 4.13. The molecule has 0 atom stereocenters. The number of pyridine rings is 1. The van der Waals surface area contributed by atoms with E-state index in [-0.39, 0.29) is 17.2 Å². The van der Waals surface area contributed by atoms with Crippen molar-refractivity contribution in [2.75, 3.05) is 24.6 Å². The highest BCUT2D eigenvalue weighted by Crippen LogP contribution is 2.30. The number of halogens is 2. The quantitative estimate of drug-likeness (QED) is 0.309. The highest BCUT2D eigenvalue weighted by molar-refractivity contribution is 7.92. The second kappa shape index (κ2) is 10.3. The van der Waals surface area contributed by atoms with Gasteiger partial charge in [-0.25, -0.2) is 22.2 Å². The lowest BCUT2D eigenvalue weighted by molar-refractivity contribution is 0.0826. The monoisotopic (exact) mass is 540 g/mol. The molecule has 0 aliphatic rings. The molecule has 0 aliphatic carbocycles. The zero-order valence-corrected chi connectivity index (χ0v) is 22.0. The molecular weight excluding hydrogens is 514 g/mol. The number of amides is 1. The summed E-state index contributed by atoms with van der Waals surface area (Å²) in [7, 11) is -0.535. The summed E-state index contributed by atoms with van der Waals surface area (Å²) >= 11 is 0. The number of aromatic amines is 1. The molecule has 0 radical (unpaired) electrons. The number of fused-ring (bicyclic) bond motifs is 1. The summed E-state index contributed by atoms with van der Waals surface area (Å²) in [5.74, 6) is -3.78. The van der Waals surface area contributed by atoms with Crippen LogP contribution in [-0.2, 0) is 10.0 Å². The number of hydrogen-bond donors (Lipinski definition) is 2. The maximum absolute atomic E-state index is 15.3. The molecule has 0 spiro atoms. The molecule has 0 saturated carbocycles. The number of nitrogens with one attached hydrogen (secondary N) is 2. The topological polar surface area (TPSA) is 112 Å². The number of H-pyrrole nitrogens is 1. The smallest absolute Gasteiger partial charge is 0.253 e. The Labute approximate surface area is 218 Å². The number of carbonyl (C=O) groups excluding carboxylic acids is 2. The number of ketones is 1. The van der Waals surface area contributed by atoms with Gasteiger partial charge in [0.2, 0.25) is 15.8 Å². The molecule has 198 valence electrons. The van der Waals surface area contributed by atoms with Gasteiger partial charge in [-0.15, -0.1) is 0 Å². The molecular formula is C27H26F2N4O4S. The van der Waals surface area contributed by atoms with Gasteiger partial charge in [0.1, 0.15) is 11.5 Å². The number of anilines is 1. The molecule has 0 fully saturated rings. The van der Waals surface area contributed by atoms with Crippen molar-refractivity contribution in [1.82, 2.24) is 14.9 Å². The predicted molar refractivity (Wildman–Crippen MR) is 142 cm³/mol. The zero-order chi connectivity index (χ0) is 27.8. The number of hydrogen-bond acceptors (Lipinski definition) is 5. The summed E-state index contributed by atoms with van der Waals surface area (Å²) < 4.78 is 56.3. The SMILES string of the molecule is CCCS(=O)(=O)Nc1ccc(F)c(C(=O)c2c[nH]c3ncc(-c4ccc(C(=O)N(C)C)c(C)c4)cc23)c1F. The maximum Gasteiger partial charge on any atom is 0.253 e. The Bertz CT molecular complexity index is 1680. The molecule has 0 aliphatic heterocycles. The van der Waals surface area contributed by atoms with Gasteiger partial charge >= 0.3 is 0 Å². The summed E-state index contributed by atoms with van der Waals surface area (Å²) in [4.78, 5) is 34.4. The highest BCUT2D eigenvalue weighted by atomic mass is 32.2. The minimum Gasteiger partial charge on any atom is -0.345 e. The summed E-state index contributed by atoms with van der Waals surface area (Å²) in [5.41, 5.74) is 1.56.